The van der Waals surface area contributed by atoms with Crippen molar-refractivity contribution in [3.8, 4) is 5.75 Å². The van der Waals surface area contributed by atoms with Gasteiger partial charge in [-0.05, 0) is 35.7 Å². The van der Waals surface area contributed by atoms with Gasteiger partial charge in [0, 0.05) is 11.7 Å². The third kappa shape index (κ3) is 3.83. The minimum Gasteiger partial charge on any atom is -0.497 e. The first kappa shape index (κ1) is 17.5. The monoisotopic (exact) mass is 340 g/mol. The Hall–Kier alpha value is -2.37. The number of nitrogens with zero attached hydrogens (tertiary/aromatic N) is 1. The summed E-state index contributed by atoms with van der Waals surface area (Å²) < 4.78 is 11.0. The van der Waals surface area contributed by atoms with Crippen LogP contribution in [0.15, 0.2) is 54.6 Å². The molecule has 2 aromatic rings. The first-order valence-electron chi connectivity index (χ1n) is 8.46. The van der Waals surface area contributed by atoms with Gasteiger partial charge < -0.3 is 20.1 Å². The third-order valence-corrected chi connectivity index (χ3v) is 4.78. The summed E-state index contributed by atoms with van der Waals surface area (Å²) in [5.74, 6) is 0.844. The molecule has 0 aromatic heterocycles. The number of carbonyl (C=O) groups excluding carboxylic acids is 1. The van der Waals surface area contributed by atoms with Crippen molar-refractivity contribution in [3.05, 3.63) is 60.2 Å². The van der Waals surface area contributed by atoms with Gasteiger partial charge in [-0.2, -0.15) is 0 Å². The normalized spacial score (nSPS) is 20.2. The van der Waals surface area contributed by atoms with Crippen LogP contribution in [0.25, 0.3) is 0 Å². The van der Waals surface area contributed by atoms with Gasteiger partial charge in [0.05, 0.1) is 19.8 Å². The number of methoxy groups -OCH3 is 1. The van der Waals surface area contributed by atoms with Gasteiger partial charge in [0.2, 0.25) is 0 Å². The van der Waals surface area contributed by atoms with Crippen LogP contribution in [0.3, 0.4) is 0 Å². The summed E-state index contributed by atoms with van der Waals surface area (Å²) in [5.41, 5.74) is 8.47. The van der Waals surface area contributed by atoms with Crippen molar-refractivity contribution in [3.63, 3.8) is 0 Å². The van der Waals surface area contributed by atoms with Gasteiger partial charge in [-0.1, -0.05) is 37.3 Å². The standard InChI is InChI=1S/C20H24N2O3/c1-14(15-7-6-10-17(11-15)24-2)20(21)18-12-22(19(23)13-25-18)16-8-4-3-5-9-16/h3-11,14,18,20H,12-13,21H2,1-2H3/t14-,18?,20?/m1/s1. The topological polar surface area (TPSA) is 64.8 Å². The fourth-order valence-electron chi connectivity index (χ4n) is 3.15. The van der Waals surface area contributed by atoms with E-state index in [1.807, 2.05) is 54.6 Å². The Kier molecular flexibility index (Phi) is 5.36. The van der Waals surface area contributed by atoms with Gasteiger partial charge >= 0.3 is 0 Å². The molecule has 2 N–H and O–H groups in total. The minimum atomic E-state index is -0.230. The number of carbonyl (C=O) groups is 1. The number of nitrogens with two attached hydrogens (primary N) is 1. The summed E-state index contributed by atoms with van der Waals surface area (Å²) in [6.45, 7) is 2.59. The Morgan fingerprint density at radius 1 is 1.20 bits per heavy atom. The first-order valence-corrected chi connectivity index (χ1v) is 8.46. The van der Waals surface area contributed by atoms with E-state index in [1.54, 1.807) is 12.0 Å². The van der Waals surface area contributed by atoms with E-state index in [0.29, 0.717) is 6.54 Å². The number of ether oxygens (including phenoxy) is 2. The number of hydrogen-bond donors (Lipinski definition) is 1. The molecule has 0 radical (unpaired) electrons. The van der Waals surface area contributed by atoms with Crippen LogP contribution in [-0.4, -0.2) is 38.3 Å². The van der Waals surface area contributed by atoms with Gasteiger partial charge in [0.1, 0.15) is 12.4 Å². The molecule has 1 amide bonds. The fourth-order valence-corrected chi connectivity index (χ4v) is 3.15. The average Bonchev–Trinajstić information content (AvgIpc) is 2.68. The molecule has 1 aliphatic heterocycles. The number of anilines is 1. The summed E-state index contributed by atoms with van der Waals surface area (Å²) >= 11 is 0. The molecule has 3 atom stereocenters. The molecule has 5 nitrogen and oxygen atoms in total. The summed E-state index contributed by atoms with van der Waals surface area (Å²) in [7, 11) is 1.65. The van der Waals surface area contributed by atoms with Crippen LogP contribution < -0.4 is 15.4 Å². The van der Waals surface area contributed by atoms with Crippen molar-refractivity contribution in [2.24, 2.45) is 5.73 Å². The SMILES string of the molecule is COc1cccc([C@@H](C)C(N)C2CN(c3ccccc3)C(=O)CO2)c1. The Bertz CT molecular complexity index is 720. The first-order chi connectivity index (χ1) is 12.1. The lowest BCUT2D eigenvalue weighted by Crippen LogP contribution is -2.54. The average molecular weight is 340 g/mol. The van der Waals surface area contributed by atoms with Gasteiger partial charge in [0.15, 0.2) is 0 Å². The number of hydrogen-bond acceptors (Lipinski definition) is 4. The molecule has 3 rings (SSSR count). The molecule has 0 saturated carbocycles. The van der Waals surface area contributed by atoms with Gasteiger partial charge in [-0.3, -0.25) is 4.79 Å². The number of morpholine rings is 1. The zero-order chi connectivity index (χ0) is 17.8. The van der Waals surface area contributed by atoms with E-state index in [0.717, 1.165) is 17.0 Å². The Labute approximate surface area is 148 Å². The largest absolute Gasteiger partial charge is 0.497 e. The van der Waals surface area contributed by atoms with E-state index in [2.05, 4.69) is 6.92 Å². The van der Waals surface area contributed by atoms with Crippen molar-refractivity contribution in [1.82, 2.24) is 0 Å². The van der Waals surface area contributed by atoms with Crippen LogP contribution in [-0.2, 0) is 9.53 Å². The Morgan fingerprint density at radius 2 is 1.96 bits per heavy atom. The highest BCUT2D eigenvalue weighted by Gasteiger charge is 2.33. The minimum absolute atomic E-state index is 0.0383. The molecule has 2 unspecified atom stereocenters. The second kappa shape index (κ2) is 7.68. The molecule has 0 aliphatic carbocycles. The molecule has 0 spiro atoms. The quantitative estimate of drug-likeness (QED) is 0.908. The van der Waals surface area contributed by atoms with Crippen molar-refractivity contribution in [2.75, 3.05) is 25.2 Å². The smallest absolute Gasteiger partial charge is 0.253 e. The molecule has 1 heterocycles. The number of rotatable bonds is 5. The second-order valence-electron chi connectivity index (χ2n) is 6.33. The van der Waals surface area contributed by atoms with Gasteiger partial charge in [-0.25, -0.2) is 0 Å². The highest BCUT2D eigenvalue weighted by Crippen LogP contribution is 2.27. The number of amides is 1. The van der Waals surface area contributed by atoms with E-state index >= 15 is 0 Å². The lowest BCUT2D eigenvalue weighted by molar-refractivity contribution is -0.130. The molecular formula is C20H24N2O3. The van der Waals surface area contributed by atoms with Crippen molar-refractivity contribution in [2.45, 2.75) is 25.0 Å². The maximum Gasteiger partial charge on any atom is 0.253 e. The molecule has 132 valence electrons. The molecule has 0 bridgehead atoms. The zero-order valence-electron chi connectivity index (χ0n) is 14.6. The van der Waals surface area contributed by atoms with Gasteiger partial charge in [-0.15, -0.1) is 0 Å². The van der Waals surface area contributed by atoms with Crippen LogP contribution in [0.5, 0.6) is 5.75 Å². The highest BCUT2D eigenvalue weighted by atomic mass is 16.5. The van der Waals surface area contributed by atoms with Crippen LogP contribution >= 0.6 is 0 Å². The lowest BCUT2D eigenvalue weighted by Gasteiger charge is -2.37. The summed E-state index contributed by atoms with van der Waals surface area (Å²) in [6.07, 6.45) is -0.223. The van der Waals surface area contributed by atoms with Crippen molar-refractivity contribution in [1.29, 1.82) is 0 Å². The molecule has 25 heavy (non-hydrogen) atoms. The zero-order valence-corrected chi connectivity index (χ0v) is 14.6. The van der Waals surface area contributed by atoms with E-state index in [1.165, 1.54) is 0 Å². The van der Waals surface area contributed by atoms with Crippen LogP contribution in [0, 0.1) is 0 Å². The Balaban J connectivity index is 1.75. The van der Waals surface area contributed by atoms with E-state index in [4.69, 9.17) is 15.2 Å². The predicted molar refractivity (Wildman–Crippen MR) is 97.9 cm³/mol. The van der Waals surface area contributed by atoms with Crippen LogP contribution in [0.4, 0.5) is 5.69 Å². The number of benzene rings is 2. The van der Waals surface area contributed by atoms with Crippen LogP contribution in [0.1, 0.15) is 18.4 Å². The van der Waals surface area contributed by atoms with E-state index < -0.39 is 0 Å². The summed E-state index contributed by atoms with van der Waals surface area (Å²) in [5, 5.41) is 0. The molecule has 1 fully saturated rings. The lowest BCUT2D eigenvalue weighted by atomic mass is 9.89. The summed E-state index contributed by atoms with van der Waals surface area (Å²) in [6, 6.07) is 17.3. The van der Waals surface area contributed by atoms with E-state index in [9.17, 15) is 4.79 Å². The fraction of sp³-hybridized carbons (Fsp3) is 0.350. The predicted octanol–water partition coefficient (Wildman–Crippen LogP) is 2.56. The second-order valence-corrected chi connectivity index (χ2v) is 6.33. The molecule has 2 aromatic carbocycles. The van der Waals surface area contributed by atoms with E-state index in [-0.39, 0.29) is 30.6 Å². The molecule has 1 saturated heterocycles. The maximum atomic E-state index is 12.2. The van der Waals surface area contributed by atoms with Gasteiger partial charge in [0.25, 0.3) is 5.91 Å². The Morgan fingerprint density at radius 3 is 2.68 bits per heavy atom. The molecule has 5 heteroatoms. The third-order valence-electron chi connectivity index (χ3n) is 4.78. The van der Waals surface area contributed by atoms with Crippen molar-refractivity contribution >= 4 is 11.6 Å². The number of para-hydroxylation sites is 1. The van der Waals surface area contributed by atoms with Crippen molar-refractivity contribution < 1.29 is 14.3 Å². The molecular weight excluding hydrogens is 316 g/mol. The van der Waals surface area contributed by atoms with Crippen LogP contribution in [0.2, 0.25) is 0 Å². The highest BCUT2D eigenvalue weighted by molar-refractivity contribution is 5.94. The summed E-state index contributed by atoms with van der Waals surface area (Å²) in [4.78, 5) is 14.0. The maximum absolute atomic E-state index is 12.2. The molecule has 1 aliphatic rings.